The first kappa shape index (κ1) is 24.1. The molecule has 35 heavy (non-hydrogen) atoms. The number of benzene rings is 2. The topological polar surface area (TPSA) is 116 Å². The number of alkyl halides is 3. The number of aliphatic imine (C=N–C) groups is 1. The van der Waals surface area contributed by atoms with Crippen LogP contribution < -0.4 is 15.2 Å². The van der Waals surface area contributed by atoms with Gasteiger partial charge in [-0.25, -0.2) is 14.8 Å². The Morgan fingerprint density at radius 2 is 1.83 bits per heavy atom. The van der Waals surface area contributed by atoms with Crippen molar-refractivity contribution in [3.05, 3.63) is 71.0 Å². The van der Waals surface area contributed by atoms with E-state index in [9.17, 15) is 13.2 Å². The fraction of sp³-hybridized carbons (Fsp3) is 0.174. The molecule has 182 valence electrons. The number of hydrogen-bond donors (Lipinski definition) is 2. The summed E-state index contributed by atoms with van der Waals surface area (Å²) in [7, 11) is 1.62. The van der Waals surface area contributed by atoms with Crippen LogP contribution in [0.4, 0.5) is 13.2 Å². The summed E-state index contributed by atoms with van der Waals surface area (Å²) in [6, 6.07) is 15.4. The zero-order chi connectivity index (χ0) is 25.4. The lowest BCUT2D eigenvalue weighted by Gasteiger charge is -2.34. The molecule has 12 heteroatoms. The summed E-state index contributed by atoms with van der Waals surface area (Å²) in [4.78, 5) is 17.8. The number of aromatic nitrogens is 1. The molecular weight excluding hydrogens is 491 g/mol. The van der Waals surface area contributed by atoms with Gasteiger partial charge in [-0.15, -0.1) is 0 Å². The van der Waals surface area contributed by atoms with E-state index in [1.165, 1.54) is 0 Å². The van der Waals surface area contributed by atoms with E-state index in [1.807, 2.05) is 48.5 Å². The second kappa shape index (κ2) is 8.99. The van der Waals surface area contributed by atoms with Crippen molar-refractivity contribution in [2.75, 3.05) is 13.7 Å². The zero-order valence-corrected chi connectivity index (χ0v) is 18.7. The third-order valence-corrected chi connectivity index (χ3v) is 5.62. The first-order valence-corrected chi connectivity index (χ1v) is 10.3. The van der Waals surface area contributed by atoms with Crippen molar-refractivity contribution in [1.82, 2.24) is 4.98 Å². The largest absolute Gasteiger partial charge is 0.497 e. The lowest BCUT2D eigenvalue weighted by molar-refractivity contribution is -0.192. The van der Waals surface area contributed by atoms with Gasteiger partial charge < -0.3 is 25.1 Å². The fourth-order valence-electron chi connectivity index (χ4n) is 3.73. The number of carbonyl (C=O) groups is 1. The predicted molar refractivity (Wildman–Crippen MR) is 120 cm³/mol. The number of methoxy groups -OCH3 is 1. The normalized spacial score (nSPS) is 17.7. The van der Waals surface area contributed by atoms with E-state index < -0.39 is 17.7 Å². The average Bonchev–Trinajstić information content (AvgIpc) is 3.21. The molecule has 1 atom stereocenters. The molecule has 3 aromatic rings. The van der Waals surface area contributed by atoms with Crippen LogP contribution in [0.1, 0.15) is 11.1 Å². The number of rotatable bonds is 2. The minimum atomic E-state index is -5.08. The zero-order valence-electron chi connectivity index (χ0n) is 18.0. The fourth-order valence-corrected chi connectivity index (χ4v) is 3.96. The Balaban J connectivity index is 0.000000364. The molecular formula is C23H17ClF3N3O5. The maximum Gasteiger partial charge on any atom is 0.490 e. The Bertz CT molecular complexity index is 1330. The molecule has 0 radical (unpaired) electrons. The Hall–Kier alpha value is -3.99. The van der Waals surface area contributed by atoms with E-state index in [-0.39, 0.29) is 12.6 Å². The summed E-state index contributed by atoms with van der Waals surface area (Å²) in [6.45, 7) is 0.277. The maximum absolute atomic E-state index is 10.6. The number of aliphatic carboxylic acids is 1. The minimum Gasteiger partial charge on any atom is -0.497 e. The van der Waals surface area contributed by atoms with Crippen LogP contribution in [0.5, 0.6) is 17.2 Å². The Kier molecular flexibility index (Phi) is 6.20. The van der Waals surface area contributed by atoms with Crippen LogP contribution >= 0.6 is 11.6 Å². The van der Waals surface area contributed by atoms with Crippen LogP contribution in [0, 0.1) is 0 Å². The van der Waals surface area contributed by atoms with Gasteiger partial charge in [0.1, 0.15) is 29.0 Å². The third kappa shape index (κ3) is 4.54. The highest BCUT2D eigenvalue weighted by Gasteiger charge is 2.47. The van der Waals surface area contributed by atoms with Gasteiger partial charge in [-0.2, -0.15) is 13.2 Å². The van der Waals surface area contributed by atoms with E-state index in [4.69, 9.17) is 41.4 Å². The summed E-state index contributed by atoms with van der Waals surface area (Å²) in [5.74, 6) is -0.657. The summed E-state index contributed by atoms with van der Waals surface area (Å²) in [6.07, 6.45) is -3.42. The number of halogens is 4. The third-order valence-electron chi connectivity index (χ3n) is 5.32. The van der Waals surface area contributed by atoms with Gasteiger partial charge in [0.25, 0.3) is 6.02 Å². The van der Waals surface area contributed by atoms with E-state index in [1.54, 1.807) is 13.3 Å². The Morgan fingerprint density at radius 3 is 2.40 bits per heavy atom. The standard InChI is InChI=1S/C21H16ClN3O3.C2HF3O2/c1-26-13-5-7-18-16(10-13)21(11-27-20(23)25-21)15-9-12(4-6-17(15)28-18)14-3-2-8-24-19(14)22;3-2(4,5)1(6)7/h2-10H,11H2,1H3,(H2,23,25);(H,6,7). The van der Waals surface area contributed by atoms with Crippen molar-refractivity contribution in [3.8, 4) is 28.4 Å². The molecule has 0 saturated heterocycles. The van der Waals surface area contributed by atoms with Gasteiger partial charge in [-0.05, 0) is 48.0 Å². The van der Waals surface area contributed by atoms with E-state index in [0.717, 1.165) is 22.3 Å². The van der Waals surface area contributed by atoms with Crippen molar-refractivity contribution in [1.29, 1.82) is 0 Å². The van der Waals surface area contributed by atoms with Crippen LogP contribution in [0.15, 0.2) is 59.7 Å². The van der Waals surface area contributed by atoms with Gasteiger partial charge in [0.2, 0.25) is 0 Å². The number of carboxylic acids is 1. The first-order chi connectivity index (χ1) is 16.5. The van der Waals surface area contributed by atoms with E-state index in [2.05, 4.69) is 9.98 Å². The van der Waals surface area contributed by atoms with E-state index >= 15 is 0 Å². The van der Waals surface area contributed by atoms with Crippen LogP contribution in [0.3, 0.4) is 0 Å². The SMILES string of the molecule is COc1ccc2c(c1)C1(COC(N)=N1)c1cc(-c3cccnc3Cl)ccc1O2.O=C(O)C(F)(F)F. The monoisotopic (exact) mass is 507 g/mol. The van der Waals surface area contributed by atoms with Crippen molar-refractivity contribution >= 4 is 23.6 Å². The molecule has 2 aliphatic rings. The van der Waals surface area contributed by atoms with Crippen LogP contribution in [-0.4, -0.2) is 42.0 Å². The summed E-state index contributed by atoms with van der Waals surface area (Å²) >= 11 is 6.31. The number of hydrogen-bond acceptors (Lipinski definition) is 7. The van der Waals surface area contributed by atoms with Gasteiger partial charge in [0, 0.05) is 22.9 Å². The molecule has 0 saturated carbocycles. The quantitative estimate of drug-likeness (QED) is 0.481. The molecule has 0 amide bonds. The lowest BCUT2D eigenvalue weighted by atomic mass is 9.80. The molecule has 1 spiro atoms. The van der Waals surface area contributed by atoms with Crippen molar-refractivity contribution in [2.24, 2.45) is 10.7 Å². The number of amidine groups is 1. The van der Waals surface area contributed by atoms with Gasteiger partial charge >= 0.3 is 12.1 Å². The number of nitrogens with two attached hydrogens (primary N) is 1. The van der Waals surface area contributed by atoms with Crippen molar-refractivity contribution in [3.63, 3.8) is 0 Å². The van der Waals surface area contributed by atoms with Gasteiger partial charge in [0.05, 0.1) is 7.11 Å². The second-order valence-electron chi connectivity index (χ2n) is 7.42. The van der Waals surface area contributed by atoms with Gasteiger partial charge in [-0.1, -0.05) is 17.7 Å². The molecule has 5 rings (SSSR count). The highest BCUT2D eigenvalue weighted by molar-refractivity contribution is 6.32. The Labute approximate surface area is 201 Å². The molecule has 3 heterocycles. The molecule has 0 bridgehead atoms. The summed E-state index contributed by atoms with van der Waals surface area (Å²) < 4.78 is 48.9. The number of carboxylic acid groups (broad SMARTS) is 1. The molecule has 1 unspecified atom stereocenters. The molecule has 1 aromatic heterocycles. The molecule has 0 aliphatic carbocycles. The van der Waals surface area contributed by atoms with E-state index in [0.29, 0.717) is 22.4 Å². The average molecular weight is 508 g/mol. The summed E-state index contributed by atoms with van der Waals surface area (Å²) in [5.41, 5.74) is 8.54. The number of fused-ring (bicyclic) bond motifs is 4. The predicted octanol–water partition coefficient (Wildman–Crippen LogP) is 4.74. The highest BCUT2D eigenvalue weighted by atomic mass is 35.5. The van der Waals surface area contributed by atoms with Gasteiger partial charge in [0.15, 0.2) is 5.54 Å². The molecule has 2 aliphatic heterocycles. The summed E-state index contributed by atoms with van der Waals surface area (Å²) in [5, 5.41) is 7.56. The van der Waals surface area contributed by atoms with Crippen molar-refractivity contribution < 1.29 is 37.3 Å². The Morgan fingerprint density at radius 1 is 1.17 bits per heavy atom. The molecule has 8 nitrogen and oxygen atoms in total. The first-order valence-electron chi connectivity index (χ1n) is 9.95. The second-order valence-corrected chi connectivity index (χ2v) is 7.78. The van der Waals surface area contributed by atoms with Gasteiger partial charge in [-0.3, -0.25) is 0 Å². The number of pyridine rings is 1. The molecule has 0 fully saturated rings. The lowest BCUT2D eigenvalue weighted by Crippen LogP contribution is -2.31. The number of nitrogens with zero attached hydrogens (tertiary/aromatic N) is 2. The highest BCUT2D eigenvalue weighted by Crippen LogP contribution is 2.52. The van der Waals surface area contributed by atoms with Crippen LogP contribution in [-0.2, 0) is 15.1 Å². The minimum absolute atomic E-state index is 0.145. The molecule has 3 N–H and O–H groups in total. The molecule has 2 aromatic carbocycles. The maximum atomic E-state index is 10.6. The van der Waals surface area contributed by atoms with Crippen LogP contribution in [0.2, 0.25) is 5.15 Å². The van der Waals surface area contributed by atoms with Crippen LogP contribution in [0.25, 0.3) is 11.1 Å². The van der Waals surface area contributed by atoms with Crippen molar-refractivity contribution in [2.45, 2.75) is 11.7 Å². The smallest absolute Gasteiger partial charge is 0.490 e. The number of ether oxygens (including phenoxy) is 3.